The van der Waals surface area contributed by atoms with E-state index in [1.165, 1.54) is 0 Å². The molecule has 0 bridgehead atoms. The lowest BCUT2D eigenvalue weighted by molar-refractivity contribution is -0.136. The Kier molecular flexibility index (Phi) is 5.42. The van der Waals surface area contributed by atoms with Crippen molar-refractivity contribution in [1.82, 2.24) is 4.90 Å². The number of rotatable bonds is 7. The molecule has 0 spiro atoms. The number of hydrogen-bond acceptors (Lipinski definition) is 5. The first kappa shape index (κ1) is 20.0. The van der Waals surface area contributed by atoms with E-state index in [9.17, 15) is 13.2 Å². The lowest BCUT2D eigenvalue weighted by atomic mass is 10.2. The fourth-order valence-electron chi connectivity index (χ4n) is 3.95. The molecule has 1 saturated carbocycles. The summed E-state index contributed by atoms with van der Waals surface area (Å²) in [6.07, 6.45) is 1.58. The van der Waals surface area contributed by atoms with E-state index in [4.69, 9.17) is 9.15 Å². The fraction of sp³-hybridized carbons (Fsp3) is 0.500. The molecule has 7 heteroatoms. The topological polar surface area (TPSA) is 76.8 Å². The number of hydrogen-bond donors (Lipinski definition) is 0. The molecule has 156 valence electrons. The van der Waals surface area contributed by atoms with E-state index in [-0.39, 0.29) is 36.6 Å². The minimum absolute atomic E-state index is 0.00364. The van der Waals surface area contributed by atoms with Crippen LogP contribution in [0.1, 0.15) is 42.8 Å². The summed E-state index contributed by atoms with van der Waals surface area (Å²) < 4.78 is 35.7. The van der Waals surface area contributed by atoms with Crippen molar-refractivity contribution < 1.29 is 22.4 Å². The molecular formula is C22H27NO5S. The Balaban J connectivity index is 1.48. The van der Waals surface area contributed by atoms with Gasteiger partial charge in [0.05, 0.1) is 18.1 Å². The van der Waals surface area contributed by atoms with Crippen molar-refractivity contribution in [2.45, 2.75) is 45.2 Å². The van der Waals surface area contributed by atoms with Gasteiger partial charge in [0.2, 0.25) is 0 Å². The van der Waals surface area contributed by atoms with Gasteiger partial charge >= 0.3 is 0 Å². The zero-order chi connectivity index (χ0) is 20.6. The lowest BCUT2D eigenvalue weighted by Gasteiger charge is -2.27. The number of sulfone groups is 1. The van der Waals surface area contributed by atoms with Crippen LogP contribution < -0.4 is 4.74 Å². The summed E-state index contributed by atoms with van der Waals surface area (Å²) in [5.74, 6) is 3.27. The Bertz CT molecular complexity index is 996. The van der Waals surface area contributed by atoms with Crippen molar-refractivity contribution in [3.63, 3.8) is 0 Å². The minimum Gasteiger partial charge on any atom is -0.484 e. The van der Waals surface area contributed by atoms with E-state index in [1.54, 1.807) is 4.90 Å². The van der Waals surface area contributed by atoms with Crippen molar-refractivity contribution >= 4 is 15.7 Å². The molecule has 2 fully saturated rings. The van der Waals surface area contributed by atoms with Crippen molar-refractivity contribution in [3.8, 4) is 5.75 Å². The van der Waals surface area contributed by atoms with Crippen molar-refractivity contribution in [2.75, 3.05) is 18.1 Å². The Labute approximate surface area is 171 Å². The second kappa shape index (κ2) is 7.86. The molecule has 1 aliphatic carbocycles. The van der Waals surface area contributed by atoms with E-state index in [0.717, 1.165) is 17.7 Å². The van der Waals surface area contributed by atoms with Crippen molar-refractivity contribution in [3.05, 3.63) is 53.5 Å². The van der Waals surface area contributed by atoms with Crippen LogP contribution in [0.15, 0.2) is 40.8 Å². The molecular weight excluding hydrogens is 390 g/mol. The van der Waals surface area contributed by atoms with Gasteiger partial charge in [0.15, 0.2) is 16.4 Å². The maximum absolute atomic E-state index is 13.0. The van der Waals surface area contributed by atoms with E-state index >= 15 is 0 Å². The van der Waals surface area contributed by atoms with Crippen LogP contribution in [-0.2, 0) is 21.2 Å². The highest BCUT2D eigenvalue weighted by atomic mass is 32.2. The van der Waals surface area contributed by atoms with E-state index in [0.29, 0.717) is 29.8 Å². The predicted octanol–water partition coefficient (Wildman–Crippen LogP) is 3.31. The van der Waals surface area contributed by atoms with Crippen LogP contribution in [0, 0.1) is 12.8 Å². The van der Waals surface area contributed by atoms with Gasteiger partial charge in [-0.2, -0.15) is 0 Å². The Hall–Kier alpha value is -2.28. The summed E-state index contributed by atoms with van der Waals surface area (Å²) in [6, 6.07) is 11.0. The monoisotopic (exact) mass is 417 g/mol. The van der Waals surface area contributed by atoms with Crippen LogP contribution in [0.5, 0.6) is 5.75 Å². The van der Waals surface area contributed by atoms with Gasteiger partial charge in [-0.05, 0) is 49.4 Å². The summed E-state index contributed by atoms with van der Waals surface area (Å²) >= 11 is 0. The molecule has 2 aromatic rings. The molecule has 1 amide bonds. The van der Waals surface area contributed by atoms with E-state index in [2.05, 4.69) is 6.92 Å². The maximum atomic E-state index is 13.0. The zero-order valence-electron chi connectivity index (χ0n) is 16.8. The number of aryl methyl sites for hydroxylation is 1. The molecule has 3 unspecified atom stereocenters. The average Bonchev–Trinajstić information content (AvgIpc) is 3.07. The quantitative estimate of drug-likeness (QED) is 0.691. The Morgan fingerprint density at radius 3 is 2.66 bits per heavy atom. The molecule has 2 heterocycles. The van der Waals surface area contributed by atoms with Crippen LogP contribution in [0.3, 0.4) is 0 Å². The highest BCUT2D eigenvalue weighted by molar-refractivity contribution is 7.91. The maximum Gasteiger partial charge on any atom is 0.261 e. The summed E-state index contributed by atoms with van der Waals surface area (Å²) in [7, 11) is -3.11. The predicted molar refractivity (Wildman–Crippen MR) is 110 cm³/mol. The Morgan fingerprint density at radius 2 is 2.00 bits per heavy atom. The first-order valence-electron chi connectivity index (χ1n) is 10.1. The molecule has 6 nitrogen and oxygen atoms in total. The van der Waals surface area contributed by atoms with Gasteiger partial charge in [0.25, 0.3) is 5.91 Å². The van der Waals surface area contributed by atoms with Crippen molar-refractivity contribution in [1.29, 1.82) is 0 Å². The smallest absolute Gasteiger partial charge is 0.261 e. The first-order chi connectivity index (χ1) is 13.8. The number of furan rings is 1. The number of nitrogens with zero attached hydrogens (tertiary/aromatic N) is 1. The number of ether oxygens (including phenoxy) is 1. The second-order valence-corrected chi connectivity index (χ2v) is 10.5. The highest BCUT2D eigenvalue weighted by Gasteiger charge is 2.38. The molecule has 1 aliphatic heterocycles. The van der Waals surface area contributed by atoms with E-state index < -0.39 is 9.84 Å². The molecule has 2 aliphatic rings. The number of carbonyl (C=O) groups is 1. The standard InChI is InChI=1S/C22H27NO5S/c1-15-5-3-4-6-20(15)27-13-22(24)23(17-9-10-29(25,26)14-17)12-18-7-8-21(28-18)19-11-16(19)2/h3-8,16-17,19H,9-14H2,1-2H3. The first-order valence-corrected chi connectivity index (χ1v) is 11.9. The number of amides is 1. The van der Waals surface area contributed by atoms with Crippen LogP contribution in [0.25, 0.3) is 0 Å². The minimum atomic E-state index is -3.11. The lowest BCUT2D eigenvalue weighted by Crippen LogP contribution is -2.43. The number of carbonyl (C=O) groups excluding carboxylic acids is 1. The van der Waals surface area contributed by atoms with Gasteiger partial charge in [0.1, 0.15) is 17.3 Å². The highest BCUT2D eigenvalue weighted by Crippen LogP contribution is 2.47. The molecule has 1 aromatic carbocycles. The molecule has 3 atom stereocenters. The van der Waals surface area contributed by atoms with Crippen LogP contribution in [0.2, 0.25) is 0 Å². The number of para-hydroxylation sites is 1. The Morgan fingerprint density at radius 1 is 1.24 bits per heavy atom. The normalized spacial score (nSPS) is 25.0. The third-order valence-corrected chi connectivity index (χ3v) is 7.65. The zero-order valence-corrected chi connectivity index (χ0v) is 17.7. The summed E-state index contributed by atoms with van der Waals surface area (Å²) in [4.78, 5) is 14.6. The van der Waals surface area contributed by atoms with Crippen LogP contribution in [0.4, 0.5) is 0 Å². The molecule has 0 radical (unpaired) electrons. The molecule has 1 saturated heterocycles. The van der Waals surface area contributed by atoms with Gasteiger partial charge in [-0.3, -0.25) is 4.79 Å². The molecule has 1 aromatic heterocycles. The largest absolute Gasteiger partial charge is 0.484 e. The third kappa shape index (κ3) is 4.66. The summed E-state index contributed by atoms with van der Waals surface area (Å²) in [6.45, 7) is 4.24. The van der Waals surface area contributed by atoms with E-state index in [1.807, 2.05) is 43.3 Å². The summed E-state index contributed by atoms with van der Waals surface area (Å²) in [5.41, 5.74) is 0.949. The van der Waals surface area contributed by atoms with Crippen LogP contribution >= 0.6 is 0 Å². The van der Waals surface area contributed by atoms with Gasteiger partial charge in [-0.1, -0.05) is 25.1 Å². The number of benzene rings is 1. The van der Waals surface area contributed by atoms with Crippen molar-refractivity contribution in [2.24, 2.45) is 5.92 Å². The van der Waals surface area contributed by atoms with Gasteiger partial charge in [0, 0.05) is 12.0 Å². The van der Waals surface area contributed by atoms with Gasteiger partial charge < -0.3 is 14.1 Å². The molecule has 0 N–H and O–H groups in total. The third-order valence-electron chi connectivity index (χ3n) is 5.90. The molecule has 29 heavy (non-hydrogen) atoms. The van der Waals surface area contributed by atoms with Gasteiger partial charge in [-0.15, -0.1) is 0 Å². The fourth-order valence-corrected chi connectivity index (χ4v) is 5.68. The SMILES string of the molecule is Cc1ccccc1OCC(=O)N(Cc1ccc(C2CC2C)o1)C1CCS(=O)(=O)C1. The second-order valence-electron chi connectivity index (χ2n) is 8.26. The summed E-state index contributed by atoms with van der Waals surface area (Å²) in [5, 5.41) is 0. The van der Waals surface area contributed by atoms with Crippen LogP contribution in [-0.4, -0.2) is 43.4 Å². The average molecular weight is 418 g/mol. The van der Waals surface area contributed by atoms with Gasteiger partial charge in [-0.25, -0.2) is 8.42 Å². The molecule has 4 rings (SSSR count).